The Hall–Kier alpha value is -2.74. The van der Waals surface area contributed by atoms with Gasteiger partial charge in [0.25, 0.3) is 0 Å². The summed E-state index contributed by atoms with van der Waals surface area (Å²) in [5.74, 6) is 0.817. The normalized spacial score (nSPS) is 20.4. The van der Waals surface area contributed by atoms with Gasteiger partial charge in [0.2, 0.25) is 16.0 Å². The predicted molar refractivity (Wildman–Crippen MR) is 109 cm³/mol. The maximum absolute atomic E-state index is 11.3. The van der Waals surface area contributed by atoms with Gasteiger partial charge >= 0.3 is 0 Å². The quantitative estimate of drug-likeness (QED) is 0.525. The van der Waals surface area contributed by atoms with Gasteiger partial charge in [0.15, 0.2) is 0 Å². The lowest BCUT2D eigenvalue weighted by Gasteiger charge is -2.49. The number of primary sulfonamides is 1. The lowest BCUT2D eigenvalue weighted by atomic mass is 9.64. The van der Waals surface area contributed by atoms with Crippen LogP contribution in [-0.4, -0.2) is 42.2 Å². The van der Waals surface area contributed by atoms with Crippen molar-refractivity contribution in [2.45, 2.75) is 43.7 Å². The minimum Gasteiger partial charge on any atom is -0.392 e. The van der Waals surface area contributed by atoms with Gasteiger partial charge in [-0.3, -0.25) is 0 Å². The highest BCUT2D eigenvalue weighted by Crippen LogP contribution is 2.42. The maximum atomic E-state index is 11.3. The van der Waals surface area contributed by atoms with E-state index in [0.29, 0.717) is 36.7 Å². The Balaban J connectivity index is 1.62. The highest BCUT2D eigenvalue weighted by Gasteiger charge is 2.47. The first-order valence-electron chi connectivity index (χ1n) is 9.18. The summed E-state index contributed by atoms with van der Waals surface area (Å²) in [4.78, 5) is 8.63. The van der Waals surface area contributed by atoms with Crippen LogP contribution in [0.5, 0.6) is 0 Å². The minimum atomic E-state index is -3.70. The van der Waals surface area contributed by atoms with Crippen molar-refractivity contribution in [1.29, 1.82) is 5.26 Å². The lowest BCUT2D eigenvalue weighted by molar-refractivity contribution is -0.0511. The average Bonchev–Trinajstić information content (AvgIpc) is 2.68. The molecular weight excluding hydrogens is 392 g/mol. The number of benzene rings is 1. The van der Waals surface area contributed by atoms with E-state index in [1.807, 2.05) is 13.8 Å². The summed E-state index contributed by atoms with van der Waals surface area (Å²) >= 11 is 0. The molecule has 10 heteroatoms. The van der Waals surface area contributed by atoms with Crippen molar-refractivity contribution in [3.8, 4) is 6.07 Å². The molecule has 5 N–H and O–H groups in total. The molecule has 1 aliphatic rings. The Morgan fingerprint density at radius 1 is 1.34 bits per heavy atom. The lowest BCUT2D eigenvalue weighted by Crippen LogP contribution is -2.57. The van der Waals surface area contributed by atoms with Gasteiger partial charge in [0.1, 0.15) is 17.5 Å². The third-order valence-corrected chi connectivity index (χ3v) is 6.31. The van der Waals surface area contributed by atoms with E-state index in [4.69, 9.17) is 5.14 Å². The molecule has 1 heterocycles. The van der Waals surface area contributed by atoms with E-state index in [9.17, 15) is 18.8 Å². The van der Waals surface area contributed by atoms with Crippen LogP contribution in [0.1, 0.15) is 31.4 Å². The molecule has 29 heavy (non-hydrogen) atoms. The van der Waals surface area contributed by atoms with Crippen LogP contribution in [0.2, 0.25) is 0 Å². The van der Waals surface area contributed by atoms with Crippen molar-refractivity contribution in [2.24, 2.45) is 10.6 Å². The number of rotatable bonds is 7. The average molecular weight is 417 g/mol. The summed E-state index contributed by atoms with van der Waals surface area (Å²) < 4.78 is 22.6. The summed E-state index contributed by atoms with van der Waals surface area (Å²) in [5.41, 5.74) is 0.975. The Morgan fingerprint density at radius 2 is 2.03 bits per heavy atom. The van der Waals surface area contributed by atoms with Gasteiger partial charge in [-0.05, 0) is 30.5 Å². The maximum Gasteiger partial charge on any atom is 0.238 e. The first-order valence-corrected chi connectivity index (χ1v) is 10.7. The van der Waals surface area contributed by atoms with Gasteiger partial charge in [-0.15, -0.1) is 0 Å². The topological polar surface area (TPSA) is 154 Å². The highest BCUT2D eigenvalue weighted by atomic mass is 32.2. The van der Waals surface area contributed by atoms with Gasteiger partial charge in [-0.25, -0.2) is 18.5 Å². The molecule has 2 atom stereocenters. The zero-order valence-corrected chi connectivity index (χ0v) is 17.1. The molecule has 154 valence electrons. The van der Waals surface area contributed by atoms with Crippen LogP contribution in [-0.2, 0) is 16.4 Å². The number of nitriles is 1. The number of aliphatic hydroxyl groups is 1. The summed E-state index contributed by atoms with van der Waals surface area (Å²) in [5, 5.41) is 30.7. The van der Waals surface area contributed by atoms with Gasteiger partial charge in [-0.1, -0.05) is 26.0 Å². The van der Waals surface area contributed by atoms with Crippen LogP contribution in [0.4, 0.5) is 11.8 Å². The van der Waals surface area contributed by atoms with Crippen molar-refractivity contribution in [2.75, 3.05) is 17.2 Å². The van der Waals surface area contributed by atoms with Crippen molar-refractivity contribution < 1.29 is 13.5 Å². The summed E-state index contributed by atoms with van der Waals surface area (Å²) in [7, 11) is -3.70. The third kappa shape index (κ3) is 4.64. The van der Waals surface area contributed by atoms with Crippen LogP contribution in [0.15, 0.2) is 35.4 Å². The molecule has 1 aromatic carbocycles. The van der Waals surface area contributed by atoms with Crippen molar-refractivity contribution in [1.82, 2.24) is 9.97 Å². The fourth-order valence-electron chi connectivity index (χ4n) is 3.14. The predicted octanol–water partition coefficient (Wildman–Crippen LogP) is 1.22. The van der Waals surface area contributed by atoms with Crippen molar-refractivity contribution in [3.05, 3.63) is 41.6 Å². The largest absolute Gasteiger partial charge is 0.392 e. The fourth-order valence-corrected chi connectivity index (χ4v) is 3.65. The van der Waals surface area contributed by atoms with E-state index in [2.05, 4.69) is 26.7 Å². The molecular formula is C19H24N6O3S. The van der Waals surface area contributed by atoms with Crippen molar-refractivity contribution >= 4 is 21.8 Å². The number of sulfonamides is 1. The number of anilines is 2. The van der Waals surface area contributed by atoms with Gasteiger partial charge in [0.05, 0.1) is 17.2 Å². The molecule has 1 aromatic heterocycles. The molecule has 0 spiro atoms. The fraction of sp³-hybridized carbons (Fsp3) is 0.421. The monoisotopic (exact) mass is 416 g/mol. The molecule has 1 aliphatic carbocycles. The van der Waals surface area contributed by atoms with E-state index in [-0.39, 0.29) is 22.5 Å². The number of nitrogens with one attached hydrogen (secondary N) is 2. The first-order chi connectivity index (χ1) is 13.6. The molecule has 0 aliphatic heterocycles. The second-order valence-corrected chi connectivity index (χ2v) is 9.26. The highest BCUT2D eigenvalue weighted by molar-refractivity contribution is 7.89. The van der Waals surface area contributed by atoms with Crippen LogP contribution in [0, 0.1) is 16.7 Å². The Bertz CT molecular complexity index is 1030. The molecule has 9 nitrogen and oxygen atoms in total. The van der Waals surface area contributed by atoms with E-state index >= 15 is 0 Å². The number of nitrogens with zero attached hydrogens (tertiary/aromatic N) is 3. The Kier molecular flexibility index (Phi) is 5.75. The molecule has 2 aromatic rings. The smallest absolute Gasteiger partial charge is 0.238 e. The van der Waals surface area contributed by atoms with E-state index in [1.165, 1.54) is 18.3 Å². The number of hydrogen-bond donors (Lipinski definition) is 4. The molecule has 0 bridgehead atoms. The number of hydrogen-bond acceptors (Lipinski definition) is 8. The standard InChI is InChI=1S/C19H24N6O3S/c1-19(2)15(9-16(19)26)24-17-13(10-20)11-23-18(25-17)22-8-7-12-3-5-14(6-4-12)29(21,27)28/h3-6,11,15-16,26H,7-9H2,1-2H3,(H2,21,27,28)(H2,22,23,24,25)/t15-,16+/m1/s1. The molecule has 1 saturated carbocycles. The number of aliphatic hydroxyl groups excluding tert-OH is 1. The van der Waals surface area contributed by atoms with Gasteiger partial charge in [0, 0.05) is 18.0 Å². The molecule has 3 rings (SSSR count). The summed E-state index contributed by atoms with van der Waals surface area (Å²) in [6.45, 7) is 4.45. The molecule has 0 unspecified atom stereocenters. The van der Waals surface area contributed by atoms with E-state index in [0.717, 1.165) is 5.56 Å². The van der Waals surface area contributed by atoms with Crippen molar-refractivity contribution in [3.63, 3.8) is 0 Å². The van der Waals surface area contributed by atoms with Crippen LogP contribution < -0.4 is 15.8 Å². The number of aromatic nitrogens is 2. The zero-order valence-electron chi connectivity index (χ0n) is 16.3. The van der Waals surface area contributed by atoms with Crippen LogP contribution >= 0.6 is 0 Å². The van der Waals surface area contributed by atoms with E-state index < -0.39 is 10.0 Å². The molecule has 1 fully saturated rings. The van der Waals surface area contributed by atoms with Crippen LogP contribution in [0.3, 0.4) is 0 Å². The van der Waals surface area contributed by atoms with Gasteiger partial charge in [-0.2, -0.15) is 10.2 Å². The second-order valence-electron chi connectivity index (χ2n) is 7.70. The summed E-state index contributed by atoms with van der Waals surface area (Å²) in [6, 6.07) is 8.45. The zero-order chi connectivity index (χ0) is 21.2. The SMILES string of the molecule is CC1(C)[C@@H](O)C[C@H]1Nc1nc(NCCc2ccc(S(N)(=O)=O)cc2)ncc1C#N. The Morgan fingerprint density at radius 3 is 2.59 bits per heavy atom. The number of nitrogens with two attached hydrogens (primary N) is 1. The van der Waals surface area contributed by atoms with E-state index in [1.54, 1.807) is 12.1 Å². The van der Waals surface area contributed by atoms with Gasteiger partial charge < -0.3 is 15.7 Å². The first kappa shape index (κ1) is 21.0. The Labute approximate surface area is 170 Å². The molecule has 0 saturated heterocycles. The second kappa shape index (κ2) is 7.94. The molecule has 0 radical (unpaired) electrons. The summed E-state index contributed by atoms with van der Waals surface area (Å²) in [6.07, 6.45) is 2.30. The third-order valence-electron chi connectivity index (χ3n) is 5.38. The van der Waals surface area contributed by atoms with Crippen LogP contribution in [0.25, 0.3) is 0 Å². The minimum absolute atomic E-state index is 0.0182. The molecule has 0 amide bonds.